The summed E-state index contributed by atoms with van der Waals surface area (Å²) >= 11 is 0. The minimum Gasteiger partial charge on any atom is -0.338 e. The zero-order chi connectivity index (χ0) is 17.8. The predicted octanol–water partition coefficient (Wildman–Crippen LogP) is 3.47. The minimum atomic E-state index is -0.199. The Balaban J connectivity index is 0.00000182. The summed E-state index contributed by atoms with van der Waals surface area (Å²) in [6.07, 6.45) is 4.05. The van der Waals surface area contributed by atoms with Crippen LogP contribution in [0.3, 0.4) is 0 Å². The molecule has 1 aromatic rings. The maximum Gasteiger partial charge on any atom is 0.227 e. The maximum atomic E-state index is 13.4. The van der Waals surface area contributed by atoms with Crippen molar-refractivity contribution in [2.45, 2.75) is 45.2 Å². The molecule has 7 heteroatoms. The normalized spacial score (nSPS) is 26.0. The van der Waals surface area contributed by atoms with Crippen molar-refractivity contribution in [2.75, 3.05) is 26.2 Å². The van der Waals surface area contributed by atoms with Crippen LogP contribution in [0.5, 0.6) is 0 Å². The predicted molar refractivity (Wildman–Crippen MR) is 112 cm³/mol. The molecule has 4 nitrogen and oxygen atoms in total. The number of benzene rings is 1. The fourth-order valence-corrected chi connectivity index (χ4v) is 4.29. The number of hydrogen-bond acceptors (Lipinski definition) is 3. The van der Waals surface area contributed by atoms with Crippen molar-refractivity contribution in [3.05, 3.63) is 35.6 Å². The van der Waals surface area contributed by atoms with Crippen LogP contribution in [0.1, 0.15) is 38.2 Å². The first-order valence-corrected chi connectivity index (χ1v) is 9.54. The Bertz CT molecular complexity index is 604. The van der Waals surface area contributed by atoms with Crippen LogP contribution in [0.25, 0.3) is 0 Å². The summed E-state index contributed by atoms with van der Waals surface area (Å²) in [6.45, 7) is 6.07. The van der Waals surface area contributed by atoms with Gasteiger partial charge < -0.3 is 10.6 Å². The van der Waals surface area contributed by atoms with Gasteiger partial charge in [0.05, 0.1) is 5.92 Å². The molecule has 2 heterocycles. The number of nitrogens with zero attached hydrogens (tertiary/aromatic N) is 2. The monoisotopic (exact) mass is 419 g/mol. The van der Waals surface area contributed by atoms with E-state index in [9.17, 15) is 9.18 Å². The summed E-state index contributed by atoms with van der Waals surface area (Å²) in [5, 5.41) is 0. The van der Waals surface area contributed by atoms with Gasteiger partial charge in [0.25, 0.3) is 0 Å². The number of halogens is 3. The van der Waals surface area contributed by atoms with Crippen LogP contribution in [-0.4, -0.2) is 47.9 Å². The van der Waals surface area contributed by atoms with E-state index in [1.807, 2.05) is 11.0 Å². The Morgan fingerprint density at radius 3 is 2.74 bits per heavy atom. The Morgan fingerprint density at radius 2 is 2.04 bits per heavy atom. The fraction of sp³-hybridized carbons (Fsp3) is 0.650. The van der Waals surface area contributed by atoms with Crippen molar-refractivity contribution < 1.29 is 9.18 Å². The van der Waals surface area contributed by atoms with Crippen molar-refractivity contribution >= 4 is 30.7 Å². The highest BCUT2D eigenvalue weighted by molar-refractivity contribution is 5.85. The van der Waals surface area contributed by atoms with Crippen LogP contribution < -0.4 is 5.73 Å². The maximum absolute atomic E-state index is 13.4. The zero-order valence-electron chi connectivity index (χ0n) is 16.0. The van der Waals surface area contributed by atoms with Crippen LogP contribution in [0.15, 0.2) is 24.3 Å². The van der Waals surface area contributed by atoms with Crippen molar-refractivity contribution in [3.63, 3.8) is 0 Å². The molecule has 0 spiro atoms. The number of likely N-dealkylation sites (tertiary alicyclic amines) is 2. The lowest BCUT2D eigenvalue weighted by Crippen LogP contribution is -2.53. The smallest absolute Gasteiger partial charge is 0.227 e. The summed E-state index contributed by atoms with van der Waals surface area (Å²) in [5.74, 6) is 0.764. The molecule has 0 radical (unpaired) electrons. The highest BCUT2D eigenvalue weighted by Crippen LogP contribution is 2.27. The van der Waals surface area contributed by atoms with Gasteiger partial charge in [0.1, 0.15) is 5.82 Å². The SMILES string of the molecule is CC1CCN(C(=O)C2CCCN(Cc3cccc(F)c3)C2)C(CN)C1.Cl.Cl. The topological polar surface area (TPSA) is 49.6 Å². The molecule has 154 valence electrons. The fourth-order valence-electron chi connectivity index (χ4n) is 4.29. The van der Waals surface area contributed by atoms with E-state index in [-0.39, 0.29) is 48.5 Å². The van der Waals surface area contributed by atoms with E-state index in [0.29, 0.717) is 19.0 Å². The lowest BCUT2D eigenvalue weighted by atomic mass is 9.89. The van der Waals surface area contributed by atoms with E-state index < -0.39 is 0 Å². The molecule has 2 N–H and O–H groups in total. The van der Waals surface area contributed by atoms with Gasteiger partial charge in [0.15, 0.2) is 0 Å². The van der Waals surface area contributed by atoms with Gasteiger partial charge in [0.2, 0.25) is 5.91 Å². The molecule has 2 aliphatic rings. The zero-order valence-corrected chi connectivity index (χ0v) is 17.6. The first-order valence-electron chi connectivity index (χ1n) is 9.54. The third kappa shape index (κ3) is 6.31. The van der Waals surface area contributed by atoms with E-state index in [1.54, 1.807) is 12.1 Å². The molecule has 3 atom stereocenters. The number of rotatable bonds is 4. The molecule has 0 aromatic heterocycles. The summed E-state index contributed by atoms with van der Waals surface area (Å²) in [7, 11) is 0. The third-order valence-corrected chi connectivity index (χ3v) is 5.68. The minimum absolute atomic E-state index is 0. The number of carbonyl (C=O) groups excluding carboxylic acids is 1. The van der Waals surface area contributed by atoms with Gasteiger partial charge in [-0.1, -0.05) is 19.1 Å². The van der Waals surface area contributed by atoms with Gasteiger partial charge in [-0.3, -0.25) is 9.69 Å². The number of piperidine rings is 2. The van der Waals surface area contributed by atoms with Crippen molar-refractivity contribution in [1.29, 1.82) is 0 Å². The standard InChI is InChI=1S/C20H30FN3O.2ClH/c1-15-7-9-24(19(10-15)12-22)20(25)17-5-3-8-23(14-17)13-16-4-2-6-18(21)11-16;;/h2,4,6,11,15,17,19H,3,5,7-10,12-14,22H2,1H3;2*1H. The molecule has 0 saturated carbocycles. The van der Waals surface area contributed by atoms with Crippen molar-refractivity contribution in [3.8, 4) is 0 Å². The number of amides is 1. The Labute approximate surface area is 174 Å². The molecule has 1 amide bonds. The molecule has 2 aliphatic heterocycles. The van der Waals surface area contributed by atoms with Gasteiger partial charge in [0, 0.05) is 32.2 Å². The lowest BCUT2D eigenvalue weighted by Gasteiger charge is -2.41. The number of hydrogen-bond donors (Lipinski definition) is 1. The average Bonchev–Trinajstić information content (AvgIpc) is 2.61. The second-order valence-corrected chi connectivity index (χ2v) is 7.75. The molecule has 0 bridgehead atoms. The second-order valence-electron chi connectivity index (χ2n) is 7.75. The van der Waals surface area contributed by atoms with E-state index in [2.05, 4.69) is 11.8 Å². The van der Waals surface area contributed by atoms with Gasteiger partial charge in [-0.15, -0.1) is 24.8 Å². The Kier molecular flexibility index (Phi) is 10.0. The van der Waals surface area contributed by atoms with Crippen LogP contribution in [0.2, 0.25) is 0 Å². The second kappa shape index (κ2) is 11.2. The van der Waals surface area contributed by atoms with Gasteiger partial charge >= 0.3 is 0 Å². The van der Waals surface area contributed by atoms with Gasteiger partial charge in [-0.2, -0.15) is 0 Å². The Morgan fingerprint density at radius 1 is 1.26 bits per heavy atom. The van der Waals surface area contributed by atoms with Crippen LogP contribution >= 0.6 is 24.8 Å². The molecule has 3 rings (SSSR count). The lowest BCUT2D eigenvalue weighted by molar-refractivity contribution is -0.141. The van der Waals surface area contributed by atoms with Crippen molar-refractivity contribution in [2.24, 2.45) is 17.6 Å². The molecule has 2 fully saturated rings. The first kappa shape index (κ1) is 24.2. The van der Waals surface area contributed by atoms with E-state index in [1.165, 1.54) is 6.07 Å². The quantitative estimate of drug-likeness (QED) is 0.812. The molecular formula is C20H32Cl2FN3O. The summed E-state index contributed by atoms with van der Waals surface area (Å²) in [4.78, 5) is 17.4. The number of carbonyl (C=O) groups is 1. The molecule has 2 saturated heterocycles. The molecule has 3 unspecified atom stereocenters. The molecular weight excluding hydrogens is 388 g/mol. The van der Waals surface area contributed by atoms with Crippen LogP contribution in [0, 0.1) is 17.7 Å². The van der Waals surface area contributed by atoms with Crippen LogP contribution in [0.4, 0.5) is 4.39 Å². The Hall–Kier alpha value is -0.880. The first-order chi connectivity index (χ1) is 12.1. The van der Waals surface area contributed by atoms with E-state index in [4.69, 9.17) is 5.73 Å². The average molecular weight is 420 g/mol. The van der Waals surface area contributed by atoms with Crippen LogP contribution in [-0.2, 0) is 11.3 Å². The summed E-state index contributed by atoms with van der Waals surface area (Å²) in [5.41, 5.74) is 6.90. The highest BCUT2D eigenvalue weighted by Gasteiger charge is 2.34. The molecule has 0 aliphatic carbocycles. The summed E-state index contributed by atoms with van der Waals surface area (Å²) < 4.78 is 13.4. The summed E-state index contributed by atoms with van der Waals surface area (Å²) in [6, 6.07) is 6.94. The number of nitrogens with two attached hydrogens (primary N) is 1. The molecule has 27 heavy (non-hydrogen) atoms. The highest BCUT2D eigenvalue weighted by atomic mass is 35.5. The van der Waals surface area contributed by atoms with Gasteiger partial charge in [-0.05, 0) is 55.8 Å². The third-order valence-electron chi connectivity index (χ3n) is 5.68. The molecule has 1 aromatic carbocycles. The van der Waals surface area contributed by atoms with Gasteiger partial charge in [-0.25, -0.2) is 4.39 Å². The van der Waals surface area contributed by atoms with E-state index >= 15 is 0 Å². The largest absolute Gasteiger partial charge is 0.338 e. The van der Waals surface area contributed by atoms with Crippen molar-refractivity contribution in [1.82, 2.24) is 9.80 Å². The van der Waals surface area contributed by atoms with E-state index in [0.717, 1.165) is 50.9 Å².